The number of aromatic nitrogens is 2. The zero-order valence-electron chi connectivity index (χ0n) is 22.1. The number of nitrogens with two attached hydrogens (primary N) is 1. The SMILES string of the molecule is Cc1ccc(NC(=O)CSc2nnc(N3C(N)=C(C#N)C(c4ccco4)C4=C3CC(C)(C)CC4=O)s2)cc1C. The number of Topliss-reactive ketones (excluding diaryl/α,β-unsaturated/α-hetero) is 1. The minimum Gasteiger partial charge on any atom is -0.468 e. The molecule has 200 valence electrons. The maximum absolute atomic E-state index is 13.5. The lowest BCUT2D eigenvalue weighted by Crippen LogP contribution is -2.42. The number of hydrogen-bond donors (Lipinski definition) is 2. The minimum atomic E-state index is -0.671. The molecule has 1 aliphatic heterocycles. The van der Waals surface area contributed by atoms with Crippen molar-refractivity contribution in [2.75, 3.05) is 16.0 Å². The van der Waals surface area contributed by atoms with Gasteiger partial charge < -0.3 is 15.5 Å². The maximum Gasteiger partial charge on any atom is 0.234 e. The number of rotatable bonds is 6. The molecule has 11 heteroatoms. The summed E-state index contributed by atoms with van der Waals surface area (Å²) in [5.41, 5.74) is 10.7. The summed E-state index contributed by atoms with van der Waals surface area (Å²) in [7, 11) is 0. The quantitative estimate of drug-likeness (QED) is 0.378. The molecule has 2 aromatic heterocycles. The molecule has 0 fully saturated rings. The molecule has 3 aromatic rings. The van der Waals surface area contributed by atoms with Gasteiger partial charge in [0.2, 0.25) is 11.0 Å². The van der Waals surface area contributed by atoms with E-state index in [1.165, 1.54) is 29.4 Å². The number of carbonyl (C=O) groups is 2. The van der Waals surface area contributed by atoms with Crippen LogP contribution in [0.3, 0.4) is 0 Å². The Labute approximate surface area is 234 Å². The lowest BCUT2D eigenvalue weighted by molar-refractivity contribution is -0.118. The predicted octanol–water partition coefficient (Wildman–Crippen LogP) is 5.42. The number of ketones is 1. The van der Waals surface area contributed by atoms with Crippen LogP contribution in [0, 0.1) is 30.6 Å². The number of nitrogens with one attached hydrogen (secondary N) is 1. The van der Waals surface area contributed by atoms with Gasteiger partial charge in [-0.3, -0.25) is 14.5 Å². The number of anilines is 2. The Balaban J connectivity index is 1.42. The van der Waals surface area contributed by atoms with Crippen molar-refractivity contribution >= 4 is 45.6 Å². The Morgan fingerprint density at radius 1 is 1.28 bits per heavy atom. The molecular weight excluding hydrogens is 532 g/mol. The zero-order chi connectivity index (χ0) is 27.9. The van der Waals surface area contributed by atoms with Gasteiger partial charge in [0, 0.05) is 23.4 Å². The second-order valence-electron chi connectivity index (χ2n) is 10.5. The molecule has 0 saturated heterocycles. The summed E-state index contributed by atoms with van der Waals surface area (Å²) < 4.78 is 6.22. The number of benzene rings is 1. The van der Waals surface area contributed by atoms with E-state index in [0.717, 1.165) is 16.8 Å². The third kappa shape index (κ3) is 5.22. The van der Waals surface area contributed by atoms with Gasteiger partial charge in [-0.25, -0.2) is 0 Å². The highest BCUT2D eigenvalue weighted by atomic mass is 32.2. The van der Waals surface area contributed by atoms with E-state index in [-0.39, 0.29) is 34.3 Å². The predicted molar refractivity (Wildman–Crippen MR) is 151 cm³/mol. The summed E-state index contributed by atoms with van der Waals surface area (Å²) >= 11 is 2.52. The van der Waals surface area contributed by atoms with Gasteiger partial charge in [-0.15, -0.1) is 10.2 Å². The fraction of sp³-hybridized carbons (Fsp3) is 0.321. The van der Waals surface area contributed by atoms with Gasteiger partial charge in [0.05, 0.1) is 29.6 Å². The first-order chi connectivity index (χ1) is 18.6. The zero-order valence-corrected chi connectivity index (χ0v) is 23.7. The number of nitriles is 1. The molecule has 1 aromatic carbocycles. The van der Waals surface area contributed by atoms with Crippen LogP contribution in [0.4, 0.5) is 10.8 Å². The van der Waals surface area contributed by atoms with E-state index >= 15 is 0 Å². The third-order valence-corrected chi connectivity index (χ3v) is 8.95. The summed E-state index contributed by atoms with van der Waals surface area (Å²) in [6.07, 6.45) is 2.43. The Hall–Kier alpha value is -3.88. The monoisotopic (exact) mass is 560 g/mol. The lowest BCUT2D eigenvalue weighted by Gasteiger charge is -2.42. The Morgan fingerprint density at radius 3 is 2.77 bits per heavy atom. The van der Waals surface area contributed by atoms with Crippen LogP contribution in [0.25, 0.3) is 0 Å². The molecule has 1 aliphatic carbocycles. The van der Waals surface area contributed by atoms with Gasteiger partial charge in [-0.05, 0) is 61.1 Å². The minimum absolute atomic E-state index is 0.0463. The van der Waals surface area contributed by atoms with Crippen LogP contribution in [0.5, 0.6) is 0 Å². The van der Waals surface area contributed by atoms with Crippen molar-refractivity contribution in [2.45, 2.75) is 50.8 Å². The molecule has 1 atom stereocenters. The number of nitrogens with zero attached hydrogens (tertiary/aromatic N) is 4. The number of thioether (sulfide) groups is 1. The summed E-state index contributed by atoms with van der Waals surface area (Å²) in [6.45, 7) is 8.09. The number of allylic oxidation sites excluding steroid dienone is 3. The first kappa shape index (κ1) is 26.7. The molecule has 39 heavy (non-hydrogen) atoms. The fourth-order valence-electron chi connectivity index (χ4n) is 4.96. The van der Waals surface area contributed by atoms with Gasteiger partial charge in [0.15, 0.2) is 10.1 Å². The highest BCUT2D eigenvalue weighted by molar-refractivity contribution is 8.01. The summed E-state index contributed by atoms with van der Waals surface area (Å²) in [5.74, 6) is -0.0294. The lowest BCUT2D eigenvalue weighted by atomic mass is 9.69. The largest absolute Gasteiger partial charge is 0.468 e. The van der Waals surface area contributed by atoms with Crippen molar-refractivity contribution in [2.24, 2.45) is 11.1 Å². The molecule has 0 radical (unpaired) electrons. The van der Waals surface area contributed by atoms with Gasteiger partial charge in [0.1, 0.15) is 11.6 Å². The Kier molecular flexibility index (Phi) is 7.09. The molecule has 2 aliphatic rings. The summed E-state index contributed by atoms with van der Waals surface area (Å²) in [6, 6.07) is 11.5. The number of carbonyl (C=O) groups excluding carboxylic acids is 2. The number of aryl methyl sites for hydroxylation is 2. The molecule has 3 N–H and O–H groups in total. The number of amides is 1. The Morgan fingerprint density at radius 2 is 2.08 bits per heavy atom. The first-order valence-corrected chi connectivity index (χ1v) is 14.2. The smallest absolute Gasteiger partial charge is 0.234 e. The highest BCUT2D eigenvalue weighted by Crippen LogP contribution is 2.50. The van der Waals surface area contributed by atoms with Crippen molar-refractivity contribution in [3.8, 4) is 6.07 Å². The summed E-state index contributed by atoms with van der Waals surface area (Å²) in [5, 5.41) is 22.1. The van der Waals surface area contributed by atoms with Gasteiger partial charge in [-0.2, -0.15) is 5.26 Å². The van der Waals surface area contributed by atoms with E-state index in [0.29, 0.717) is 39.3 Å². The average molecular weight is 561 g/mol. The van der Waals surface area contributed by atoms with Crippen molar-refractivity contribution < 1.29 is 14.0 Å². The van der Waals surface area contributed by atoms with E-state index < -0.39 is 5.92 Å². The molecular formula is C28H28N6O3S2. The number of hydrogen-bond acceptors (Lipinski definition) is 10. The first-order valence-electron chi connectivity index (χ1n) is 12.4. The van der Waals surface area contributed by atoms with Crippen LogP contribution in [0.2, 0.25) is 0 Å². The second-order valence-corrected chi connectivity index (χ2v) is 12.7. The van der Waals surface area contributed by atoms with Crippen molar-refractivity contribution in [1.82, 2.24) is 10.2 Å². The molecule has 0 spiro atoms. The van der Waals surface area contributed by atoms with E-state index in [9.17, 15) is 14.9 Å². The van der Waals surface area contributed by atoms with E-state index in [2.05, 4.69) is 21.6 Å². The fourth-order valence-corrected chi connectivity index (χ4v) is 6.64. The normalized spacial score (nSPS) is 18.7. The third-order valence-electron chi connectivity index (χ3n) is 6.91. The van der Waals surface area contributed by atoms with Crippen molar-refractivity contribution in [3.05, 3.63) is 76.1 Å². The van der Waals surface area contributed by atoms with E-state index in [1.807, 2.05) is 45.9 Å². The van der Waals surface area contributed by atoms with Gasteiger partial charge in [-0.1, -0.05) is 43.0 Å². The van der Waals surface area contributed by atoms with Gasteiger partial charge in [0.25, 0.3) is 0 Å². The molecule has 3 heterocycles. The van der Waals surface area contributed by atoms with Gasteiger partial charge >= 0.3 is 0 Å². The average Bonchev–Trinajstić information content (AvgIpc) is 3.56. The topological polar surface area (TPSA) is 138 Å². The standard InChI is InChI=1S/C28H28N6O3S2/c1-15-7-8-17(10-16(15)2)31-22(36)14-38-27-33-32-26(39-27)34-19-11-28(3,4)12-20(35)24(19)23(18(13-29)25(34)30)21-6-5-9-37-21/h5-10,23H,11-12,14,30H2,1-4H3,(H,31,36). The second kappa shape index (κ2) is 10.4. The molecule has 0 saturated carbocycles. The van der Waals surface area contributed by atoms with Crippen LogP contribution in [0.1, 0.15) is 49.5 Å². The molecule has 9 nitrogen and oxygen atoms in total. The van der Waals surface area contributed by atoms with Crippen molar-refractivity contribution in [3.63, 3.8) is 0 Å². The van der Waals surface area contributed by atoms with Crippen LogP contribution in [-0.4, -0.2) is 27.6 Å². The highest BCUT2D eigenvalue weighted by Gasteiger charge is 2.46. The molecule has 1 unspecified atom stereocenters. The van der Waals surface area contributed by atoms with Crippen molar-refractivity contribution in [1.29, 1.82) is 5.26 Å². The molecule has 5 rings (SSSR count). The van der Waals surface area contributed by atoms with E-state index in [4.69, 9.17) is 10.2 Å². The summed E-state index contributed by atoms with van der Waals surface area (Å²) in [4.78, 5) is 27.7. The Bertz CT molecular complexity index is 1560. The van der Waals surface area contributed by atoms with E-state index in [1.54, 1.807) is 17.0 Å². The van der Waals surface area contributed by atoms with Crippen LogP contribution in [-0.2, 0) is 9.59 Å². The van der Waals surface area contributed by atoms with Crippen LogP contribution in [0.15, 0.2) is 68.0 Å². The van der Waals surface area contributed by atoms with Crippen LogP contribution < -0.4 is 16.0 Å². The maximum atomic E-state index is 13.5. The molecule has 0 bridgehead atoms. The number of furan rings is 1. The molecule has 1 amide bonds. The van der Waals surface area contributed by atoms with Crippen LogP contribution >= 0.6 is 23.1 Å².